The zero-order valence-electron chi connectivity index (χ0n) is 15.0. The van der Waals surface area contributed by atoms with Crippen molar-refractivity contribution in [3.05, 3.63) is 66.4 Å². The maximum absolute atomic E-state index is 13.2. The molecule has 25 heavy (non-hydrogen) atoms. The lowest BCUT2D eigenvalue weighted by molar-refractivity contribution is -0.129. The molecule has 4 heteroatoms. The molecule has 0 unspecified atom stereocenters. The third-order valence-corrected chi connectivity index (χ3v) is 4.17. The van der Waals surface area contributed by atoms with Crippen LogP contribution in [0.2, 0.25) is 0 Å². The molecule has 3 aromatic rings. The number of imide groups is 1. The molecule has 1 heterocycles. The Hall–Kier alpha value is -2.88. The van der Waals surface area contributed by atoms with Gasteiger partial charge in [0.05, 0.1) is 11.1 Å². The van der Waals surface area contributed by atoms with E-state index in [-0.39, 0.29) is 11.8 Å². The molecule has 0 radical (unpaired) electrons. The van der Waals surface area contributed by atoms with Crippen LogP contribution in [0.15, 0.2) is 60.8 Å². The molecular weight excluding hydrogens is 312 g/mol. The summed E-state index contributed by atoms with van der Waals surface area (Å²) in [4.78, 5) is 26.6. The molecule has 1 aromatic heterocycles. The molecule has 0 bridgehead atoms. The van der Waals surface area contributed by atoms with E-state index in [1.165, 1.54) is 11.8 Å². The van der Waals surface area contributed by atoms with Crippen LogP contribution in [0.5, 0.6) is 0 Å². The number of carbonyl (C=O) groups is 2. The minimum atomic E-state index is -0.584. The van der Waals surface area contributed by atoms with Gasteiger partial charge in [0.2, 0.25) is 5.91 Å². The second-order valence-electron chi connectivity index (χ2n) is 7.10. The molecule has 0 aliphatic rings. The molecule has 0 fully saturated rings. The Morgan fingerprint density at radius 1 is 0.920 bits per heavy atom. The molecule has 0 saturated heterocycles. The van der Waals surface area contributed by atoms with E-state index in [2.05, 4.69) is 0 Å². The maximum atomic E-state index is 13.2. The van der Waals surface area contributed by atoms with Gasteiger partial charge in [0.15, 0.2) is 0 Å². The summed E-state index contributed by atoms with van der Waals surface area (Å²) in [6.07, 6.45) is 1.82. The highest BCUT2D eigenvalue weighted by Gasteiger charge is 2.32. The van der Waals surface area contributed by atoms with E-state index in [0.29, 0.717) is 5.56 Å². The fourth-order valence-electron chi connectivity index (χ4n) is 3.19. The minimum absolute atomic E-state index is 0.256. The molecule has 0 spiro atoms. The van der Waals surface area contributed by atoms with Crippen molar-refractivity contribution in [1.82, 2.24) is 9.47 Å². The third kappa shape index (κ3) is 3.07. The summed E-state index contributed by atoms with van der Waals surface area (Å²) in [6.45, 7) is 7.02. The second kappa shape index (κ2) is 6.20. The Balaban J connectivity index is 2.21. The SMILES string of the molecule is CC(=O)N(C(=O)c1cn(-c2ccccc2)c2ccccc12)C(C)(C)C. The van der Waals surface area contributed by atoms with Gasteiger partial charge in [0.1, 0.15) is 0 Å². The Kier molecular flexibility index (Phi) is 4.21. The predicted molar refractivity (Wildman–Crippen MR) is 99.9 cm³/mol. The predicted octanol–water partition coefficient (Wildman–Crippen LogP) is 4.42. The van der Waals surface area contributed by atoms with Crippen LogP contribution in [0.4, 0.5) is 0 Å². The number of para-hydroxylation sites is 2. The quantitative estimate of drug-likeness (QED) is 0.696. The van der Waals surface area contributed by atoms with Gasteiger partial charge in [0.25, 0.3) is 5.91 Å². The Morgan fingerprint density at radius 2 is 1.52 bits per heavy atom. The maximum Gasteiger partial charge on any atom is 0.263 e. The zero-order valence-corrected chi connectivity index (χ0v) is 15.0. The van der Waals surface area contributed by atoms with E-state index < -0.39 is 5.54 Å². The second-order valence-corrected chi connectivity index (χ2v) is 7.10. The first-order chi connectivity index (χ1) is 11.8. The summed E-state index contributed by atoms with van der Waals surface area (Å²) >= 11 is 0. The zero-order chi connectivity index (χ0) is 18.2. The lowest BCUT2D eigenvalue weighted by atomic mass is 10.0. The fraction of sp³-hybridized carbons (Fsp3) is 0.238. The smallest absolute Gasteiger partial charge is 0.263 e. The van der Waals surface area contributed by atoms with Crippen molar-refractivity contribution in [2.24, 2.45) is 0 Å². The lowest BCUT2D eigenvalue weighted by Gasteiger charge is -2.32. The van der Waals surface area contributed by atoms with Crippen LogP contribution >= 0.6 is 0 Å². The average molecular weight is 334 g/mol. The first-order valence-corrected chi connectivity index (χ1v) is 8.31. The number of aromatic nitrogens is 1. The van der Waals surface area contributed by atoms with Crippen molar-refractivity contribution in [2.45, 2.75) is 33.2 Å². The molecule has 2 aromatic carbocycles. The van der Waals surface area contributed by atoms with Gasteiger partial charge in [-0.05, 0) is 39.0 Å². The van der Waals surface area contributed by atoms with Gasteiger partial charge in [-0.1, -0.05) is 36.4 Å². The standard InChI is InChI=1S/C21H22N2O2/c1-15(24)23(21(2,3)4)20(25)18-14-22(16-10-6-5-7-11-16)19-13-9-8-12-17(18)19/h5-14H,1-4H3. The molecule has 2 amide bonds. The molecule has 0 saturated carbocycles. The van der Waals surface area contributed by atoms with Crippen LogP contribution in [0.1, 0.15) is 38.1 Å². The molecule has 3 rings (SSSR count). The van der Waals surface area contributed by atoms with Crippen LogP contribution in [0.25, 0.3) is 16.6 Å². The van der Waals surface area contributed by atoms with Crippen molar-refractivity contribution in [1.29, 1.82) is 0 Å². The Morgan fingerprint density at radius 3 is 2.12 bits per heavy atom. The van der Waals surface area contributed by atoms with Gasteiger partial charge in [0, 0.05) is 29.7 Å². The van der Waals surface area contributed by atoms with Crippen molar-refractivity contribution in [3.8, 4) is 5.69 Å². The van der Waals surface area contributed by atoms with Gasteiger partial charge in [-0.15, -0.1) is 0 Å². The molecule has 0 aliphatic carbocycles. The topological polar surface area (TPSA) is 42.3 Å². The number of hydrogen-bond donors (Lipinski definition) is 0. The van der Waals surface area contributed by atoms with E-state index in [4.69, 9.17) is 0 Å². The average Bonchev–Trinajstić information content (AvgIpc) is 2.93. The molecule has 128 valence electrons. The number of nitrogens with zero attached hydrogens (tertiary/aromatic N) is 2. The number of hydrogen-bond acceptors (Lipinski definition) is 2. The lowest BCUT2D eigenvalue weighted by Crippen LogP contribution is -2.48. The van der Waals surface area contributed by atoms with Crippen molar-refractivity contribution < 1.29 is 9.59 Å². The van der Waals surface area contributed by atoms with Crippen LogP contribution in [-0.4, -0.2) is 26.8 Å². The summed E-state index contributed by atoms with van der Waals surface area (Å²) < 4.78 is 1.99. The van der Waals surface area contributed by atoms with Gasteiger partial charge in [-0.2, -0.15) is 0 Å². The Bertz CT molecular complexity index is 933. The number of carbonyl (C=O) groups excluding carboxylic acids is 2. The molecule has 4 nitrogen and oxygen atoms in total. The van der Waals surface area contributed by atoms with E-state index in [9.17, 15) is 9.59 Å². The van der Waals surface area contributed by atoms with Gasteiger partial charge < -0.3 is 4.57 Å². The summed E-state index contributed by atoms with van der Waals surface area (Å²) in [5.74, 6) is -0.528. The van der Waals surface area contributed by atoms with Crippen molar-refractivity contribution in [2.75, 3.05) is 0 Å². The van der Waals surface area contributed by atoms with Crippen LogP contribution in [-0.2, 0) is 4.79 Å². The number of rotatable bonds is 2. The molecular formula is C21H22N2O2. The van der Waals surface area contributed by atoms with E-state index >= 15 is 0 Å². The van der Waals surface area contributed by atoms with Crippen LogP contribution in [0.3, 0.4) is 0 Å². The van der Waals surface area contributed by atoms with Gasteiger partial charge >= 0.3 is 0 Å². The minimum Gasteiger partial charge on any atom is -0.316 e. The van der Waals surface area contributed by atoms with Crippen molar-refractivity contribution >= 4 is 22.7 Å². The first kappa shape index (κ1) is 17.0. The first-order valence-electron chi connectivity index (χ1n) is 8.31. The normalized spacial score (nSPS) is 11.5. The van der Waals surface area contributed by atoms with Crippen LogP contribution in [0, 0.1) is 0 Å². The van der Waals surface area contributed by atoms with Gasteiger partial charge in [-0.3, -0.25) is 14.5 Å². The van der Waals surface area contributed by atoms with Crippen molar-refractivity contribution in [3.63, 3.8) is 0 Å². The number of benzene rings is 2. The number of amides is 2. The summed E-state index contributed by atoms with van der Waals surface area (Å²) in [5.41, 5.74) is 1.86. The highest BCUT2D eigenvalue weighted by molar-refractivity contribution is 6.12. The fourth-order valence-corrected chi connectivity index (χ4v) is 3.19. The molecule has 0 N–H and O–H groups in total. The Labute approximate surface area is 147 Å². The van der Waals surface area contributed by atoms with E-state index in [0.717, 1.165) is 16.6 Å². The number of fused-ring (bicyclic) bond motifs is 1. The summed E-state index contributed by atoms with van der Waals surface area (Å²) in [7, 11) is 0. The monoisotopic (exact) mass is 334 g/mol. The molecule has 0 aliphatic heterocycles. The summed E-state index contributed by atoms with van der Waals surface area (Å²) in [5, 5.41) is 0.840. The highest BCUT2D eigenvalue weighted by Crippen LogP contribution is 2.28. The largest absolute Gasteiger partial charge is 0.316 e. The third-order valence-electron chi connectivity index (χ3n) is 4.17. The molecule has 0 atom stereocenters. The van der Waals surface area contributed by atoms with E-state index in [1.54, 1.807) is 0 Å². The van der Waals surface area contributed by atoms with Crippen LogP contribution < -0.4 is 0 Å². The van der Waals surface area contributed by atoms with Gasteiger partial charge in [-0.25, -0.2) is 0 Å². The summed E-state index contributed by atoms with van der Waals surface area (Å²) in [6, 6.07) is 17.6. The highest BCUT2D eigenvalue weighted by atomic mass is 16.2. The van der Waals surface area contributed by atoms with E-state index in [1.807, 2.05) is 86.1 Å².